The maximum absolute atomic E-state index is 13.7. The zero-order chi connectivity index (χ0) is 13.8. The summed E-state index contributed by atoms with van der Waals surface area (Å²) in [6, 6.07) is 9.94. The standard InChI is InChI=1S/C14H12BrClFNO/c15-9-4-5-14(11(16)8-9)19-13-3-1-2-12(17)10(13)6-7-18/h1-5,8H,6-7,18H2. The molecule has 2 aromatic rings. The van der Waals surface area contributed by atoms with E-state index in [1.165, 1.54) is 6.07 Å². The van der Waals surface area contributed by atoms with Crippen molar-refractivity contribution in [1.82, 2.24) is 0 Å². The predicted octanol–water partition coefficient (Wildman–Crippen LogP) is 4.54. The first-order valence-electron chi connectivity index (χ1n) is 5.72. The number of hydrogen-bond acceptors (Lipinski definition) is 2. The Balaban J connectivity index is 2.35. The van der Waals surface area contributed by atoms with Crippen molar-refractivity contribution in [3.63, 3.8) is 0 Å². The van der Waals surface area contributed by atoms with Crippen LogP contribution in [0.4, 0.5) is 4.39 Å². The van der Waals surface area contributed by atoms with Crippen LogP contribution < -0.4 is 10.5 Å². The van der Waals surface area contributed by atoms with Gasteiger partial charge in [-0.25, -0.2) is 4.39 Å². The third kappa shape index (κ3) is 3.47. The predicted molar refractivity (Wildman–Crippen MR) is 78.4 cm³/mol. The lowest BCUT2D eigenvalue weighted by Crippen LogP contribution is -2.06. The van der Waals surface area contributed by atoms with E-state index in [-0.39, 0.29) is 5.82 Å². The Kier molecular flexibility index (Phi) is 4.80. The molecule has 0 aliphatic rings. The Hall–Kier alpha value is -1.10. The molecule has 2 aromatic carbocycles. The molecule has 0 fully saturated rings. The van der Waals surface area contributed by atoms with Gasteiger partial charge in [0.1, 0.15) is 17.3 Å². The monoisotopic (exact) mass is 343 g/mol. The molecule has 0 aromatic heterocycles. The van der Waals surface area contributed by atoms with Crippen molar-refractivity contribution in [3.8, 4) is 11.5 Å². The van der Waals surface area contributed by atoms with E-state index in [9.17, 15) is 4.39 Å². The van der Waals surface area contributed by atoms with Crippen molar-refractivity contribution in [1.29, 1.82) is 0 Å². The number of rotatable bonds is 4. The molecule has 0 unspecified atom stereocenters. The summed E-state index contributed by atoms with van der Waals surface area (Å²) in [5.74, 6) is 0.597. The fraction of sp³-hybridized carbons (Fsp3) is 0.143. The van der Waals surface area contributed by atoms with Crippen molar-refractivity contribution < 1.29 is 9.13 Å². The molecule has 0 aliphatic carbocycles. The normalized spacial score (nSPS) is 10.5. The number of hydrogen-bond donors (Lipinski definition) is 1. The fourth-order valence-electron chi connectivity index (χ4n) is 1.70. The largest absolute Gasteiger partial charge is 0.455 e. The van der Waals surface area contributed by atoms with Crippen LogP contribution in [0, 0.1) is 5.82 Å². The molecule has 0 saturated carbocycles. The zero-order valence-electron chi connectivity index (χ0n) is 10.00. The van der Waals surface area contributed by atoms with Crippen LogP contribution in [0.25, 0.3) is 0 Å². The van der Waals surface area contributed by atoms with Crippen LogP contribution in [0.5, 0.6) is 11.5 Å². The molecule has 2 N–H and O–H groups in total. The van der Waals surface area contributed by atoms with E-state index in [4.69, 9.17) is 22.1 Å². The van der Waals surface area contributed by atoms with Crippen LogP contribution in [0.2, 0.25) is 5.02 Å². The highest BCUT2D eigenvalue weighted by Gasteiger charge is 2.11. The molecule has 0 saturated heterocycles. The highest BCUT2D eigenvalue weighted by atomic mass is 79.9. The van der Waals surface area contributed by atoms with Gasteiger partial charge in [-0.15, -0.1) is 0 Å². The summed E-state index contributed by atoms with van der Waals surface area (Å²) in [5, 5.41) is 0.456. The van der Waals surface area contributed by atoms with Crippen molar-refractivity contribution in [2.75, 3.05) is 6.54 Å². The Labute approximate surface area is 124 Å². The van der Waals surface area contributed by atoms with Gasteiger partial charge in [0.25, 0.3) is 0 Å². The number of nitrogens with two attached hydrogens (primary N) is 1. The maximum Gasteiger partial charge on any atom is 0.146 e. The van der Waals surface area contributed by atoms with Crippen molar-refractivity contribution >= 4 is 27.5 Å². The highest BCUT2D eigenvalue weighted by Crippen LogP contribution is 2.33. The Morgan fingerprint density at radius 1 is 1.21 bits per heavy atom. The molecule has 5 heteroatoms. The minimum absolute atomic E-state index is 0.323. The van der Waals surface area contributed by atoms with Gasteiger partial charge in [-0.2, -0.15) is 0 Å². The SMILES string of the molecule is NCCc1c(F)cccc1Oc1ccc(Br)cc1Cl. The molecular weight excluding hydrogens is 333 g/mol. The summed E-state index contributed by atoms with van der Waals surface area (Å²) in [5.41, 5.74) is 5.95. The minimum Gasteiger partial charge on any atom is -0.455 e. The average Bonchev–Trinajstić information content (AvgIpc) is 2.37. The number of halogens is 3. The Morgan fingerprint density at radius 3 is 2.68 bits per heavy atom. The quantitative estimate of drug-likeness (QED) is 0.884. The second kappa shape index (κ2) is 6.37. The second-order valence-electron chi connectivity index (χ2n) is 3.93. The van der Waals surface area contributed by atoms with E-state index in [1.54, 1.807) is 24.3 Å². The summed E-state index contributed by atoms with van der Waals surface area (Å²) < 4.78 is 20.3. The lowest BCUT2D eigenvalue weighted by Gasteiger charge is -2.12. The third-order valence-electron chi connectivity index (χ3n) is 2.58. The maximum atomic E-state index is 13.7. The van der Waals surface area contributed by atoms with Crippen molar-refractivity contribution in [2.24, 2.45) is 5.73 Å². The van der Waals surface area contributed by atoms with E-state index in [1.807, 2.05) is 6.07 Å². The average molecular weight is 345 g/mol. The minimum atomic E-state index is -0.323. The van der Waals surface area contributed by atoms with Gasteiger partial charge in [0.05, 0.1) is 5.02 Å². The van der Waals surface area contributed by atoms with Crippen molar-refractivity contribution in [3.05, 3.63) is 57.3 Å². The molecule has 0 aliphatic heterocycles. The molecule has 19 heavy (non-hydrogen) atoms. The van der Waals surface area contributed by atoms with Crippen LogP contribution in [0.3, 0.4) is 0 Å². The topological polar surface area (TPSA) is 35.2 Å². The number of benzene rings is 2. The van der Waals surface area contributed by atoms with Crippen LogP contribution in [0.1, 0.15) is 5.56 Å². The molecule has 100 valence electrons. The fourth-order valence-corrected chi connectivity index (χ4v) is 2.41. The molecule has 0 spiro atoms. The van der Waals surface area contributed by atoms with E-state index in [0.717, 1.165) is 4.47 Å². The van der Waals surface area contributed by atoms with E-state index < -0.39 is 0 Å². The smallest absolute Gasteiger partial charge is 0.146 e. The van der Waals surface area contributed by atoms with Crippen molar-refractivity contribution in [2.45, 2.75) is 6.42 Å². The summed E-state index contributed by atoms with van der Waals surface area (Å²) in [4.78, 5) is 0. The summed E-state index contributed by atoms with van der Waals surface area (Å²) in [6.45, 7) is 0.353. The first-order valence-corrected chi connectivity index (χ1v) is 6.89. The van der Waals surface area contributed by atoms with Gasteiger partial charge in [0.2, 0.25) is 0 Å². The van der Waals surface area contributed by atoms with Crippen LogP contribution >= 0.6 is 27.5 Å². The lowest BCUT2D eigenvalue weighted by atomic mass is 10.1. The number of ether oxygens (including phenoxy) is 1. The van der Waals surface area contributed by atoms with Gasteiger partial charge in [0, 0.05) is 10.0 Å². The highest BCUT2D eigenvalue weighted by molar-refractivity contribution is 9.10. The molecule has 0 bridgehead atoms. The second-order valence-corrected chi connectivity index (χ2v) is 5.25. The van der Waals surface area contributed by atoms with Crippen LogP contribution in [0.15, 0.2) is 40.9 Å². The molecule has 0 amide bonds. The van der Waals surface area contributed by atoms with E-state index in [0.29, 0.717) is 35.1 Å². The van der Waals surface area contributed by atoms with Gasteiger partial charge in [-0.05, 0) is 43.3 Å². The van der Waals surface area contributed by atoms with Crippen LogP contribution in [-0.2, 0) is 6.42 Å². The first kappa shape index (κ1) is 14.3. The zero-order valence-corrected chi connectivity index (χ0v) is 12.3. The third-order valence-corrected chi connectivity index (χ3v) is 3.37. The summed E-state index contributed by atoms with van der Waals surface area (Å²) in [7, 11) is 0. The molecule has 2 rings (SSSR count). The first-order chi connectivity index (χ1) is 9.11. The lowest BCUT2D eigenvalue weighted by molar-refractivity contribution is 0.467. The summed E-state index contributed by atoms with van der Waals surface area (Å²) >= 11 is 9.39. The molecule has 2 nitrogen and oxygen atoms in total. The van der Waals surface area contributed by atoms with Gasteiger partial charge >= 0.3 is 0 Å². The van der Waals surface area contributed by atoms with Gasteiger partial charge in [-0.3, -0.25) is 0 Å². The van der Waals surface area contributed by atoms with Gasteiger partial charge in [0.15, 0.2) is 0 Å². The Morgan fingerprint density at radius 2 is 2.00 bits per heavy atom. The molecular formula is C14H12BrClFNO. The Bertz CT molecular complexity index is 592. The molecule has 0 atom stereocenters. The van der Waals surface area contributed by atoms with Crippen LogP contribution in [-0.4, -0.2) is 6.54 Å². The van der Waals surface area contributed by atoms with E-state index in [2.05, 4.69) is 15.9 Å². The van der Waals surface area contributed by atoms with Gasteiger partial charge in [-0.1, -0.05) is 33.6 Å². The molecule has 0 heterocycles. The van der Waals surface area contributed by atoms with E-state index >= 15 is 0 Å². The molecule has 0 radical (unpaired) electrons. The summed E-state index contributed by atoms with van der Waals surface area (Å²) in [6.07, 6.45) is 0.413. The van der Waals surface area contributed by atoms with Gasteiger partial charge < -0.3 is 10.5 Å².